The maximum Gasteiger partial charge on any atom is 0.332 e. The maximum atomic E-state index is 10.3. The van der Waals surface area contributed by atoms with E-state index in [4.69, 9.17) is 11.5 Å². The quantitative estimate of drug-likeness (QED) is 0.384. The van der Waals surface area contributed by atoms with Crippen LogP contribution in [0.5, 0.6) is 0 Å². The number of hydrogen-bond acceptors (Lipinski definition) is 4. The summed E-state index contributed by atoms with van der Waals surface area (Å²) in [6.07, 6.45) is 1.19. The fourth-order valence-electron chi connectivity index (χ4n) is 0.775. The van der Waals surface area contributed by atoms with E-state index in [-0.39, 0.29) is 0 Å². The van der Waals surface area contributed by atoms with Crippen molar-refractivity contribution in [2.24, 2.45) is 21.7 Å². The minimum atomic E-state index is -0.708. The van der Waals surface area contributed by atoms with Gasteiger partial charge in [-0.2, -0.15) is 10.2 Å². The molecule has 0 aliphatic carbocycles. The van der Waals surface area contributed by atoms with Gasteiger partial charge in [-0.1, -0.05) is 0 Å². The predicted octanol–water partition coefficient (Wildman–Crippen LogP) is -0.145. The molecule has 0 radical (unpaired) electrons. The van der Waals surface area contributed by atoms with Crippen LogP contribution in [0.2, 0.25) is 0 Å². The van der Waals surface area contributed by atoms with Gasteiger partial charge in [0.2, 0.25) is 0 Å². The van der Waals surface area contributed by atoms with Crippen LogP contribution in [0.25, 0.3) is 0 Å². The summed E-state index contributed by atoms with van der Waals surface area (Å²) in [6.45, 7) is 3.48. The largest absolute Gasteiger partial charge is 0.350 e. The van der Waals surface area contributed by atoms with Crippen molar-refractivity contribution in [3.63, 3.8) is 0 Å². The van der Waals surface area contributed by atoms with Crippen molar-refractivity contribution in [1.29, 1.82) is 0 Å². The van der Waals surface area contributed by atoms with Crippen molar-refractivity contribution in [1.82, 2.24) is 10.9 Å². The number of carbonyl (C=O) groups excluding carboxylic acids is 2. The highest BCUT2D eigenvalue weighted by atomic mass is 16.2. The molecular weight excluding hydrogens is 212 g/mol. The third-order valence-electron chi connectivity index (χ3n) is 1.56. The molecule has 0 aromatic heterocycles. The molecule has 4 amide bonds. The van der Waals surface area contributed by atoms with E-state index in [1.165, 1.54) is 0 Å². The zero-order valence-corrected chi connectivity index (χ0v) is 9.28. The van der Waals surface area contributed by atoms with Gasteiger partial charge in [-0.15, -0.1) is 0 Å². The smallest absolute Gasteiger partial charge is 0.332 e. The van der Waals surface area contributed by atoms with Crippen molar-refractivity contribution in [3.05, 3.63) is 0 Å². The number of nitrogens with zero attached hydrogens (tertiary/aromatic N) is 2. The highest BCUT2D eigenvalue weighted by Gasteiger charge is 1.97. The predicted molar refractivity (Wildman–Crippen MR) is 60.9 cm³/mol. The van der Waals surface area contributed by atoms with Crippen LogP contribution in [0.1, 0.15) is 26.7 Å². The molecule has 0 unspecified atom stereocenters. The molecule has 0 aromatic carbocycles. The fourth-order valence-corrected chi connectivity index (χ4v) is 0.775. The van der Waals surface area contributed by atoms with Gasteiger partial charge in [-0.05, 0) is 26.7 Å². The van der Waals surface area contributed by atoms with Crippen molar-refractivity contribution in [3.8, 4) is 0 Å². The van der Waals surface area contributed by atoms with Crippen LogP contribution in [0.15, 0.2) is 10.2 Å². The third-order valence-corrected chi connectivity index (χ3v) is 1.56. The highest BCUT2D eigenvalue weighted by Crippen LogP contribution is 1.94. The Hall–Kier alpha value is -2.12. The lowest BCUT2D eigenvalue weighted by Crippen LogP contribution is -2.26. The van der Waals surface area contributed by atoms with Gasteiger partial charge in [0.15, 0.2) is 0 Å². The van der Waals surface area contributed by atoms with Gasteiger partial charge in [-0.3, -0.25) is 0 Å². The lowest BCUT2D eigenvalue weighted by Gasteiger charge is -2.01. The molecule has 0 heterocycles. The normalized spacial score (nSPS) is 12.1. The second-order valence-electron chi connectivity index (χ2n) is 3.15. The number of urea groups is 2. The van der Waals surface area contributed by atoms with E-state index < -0.39 is 12.1 Å². The first-order valence-corrected chi connectivity index (χ1v) is 4.59. The summed E-state index contributed by atoms with van der Waals surface area (Å²) >= 11 is 0. The number of hydrazone groups is 2. The standard InChI is InChI=1S/C8H16N6O2/c1-5(11-13-7(9)15)3-4-6(2)12-14-8(10)16/h3-4H2,1-2H3,(H3,9,13,15)(H3,10,14,16)/b11-5+,12-6+. The van der Waals surface area contributed by atoms with Crippen molar-refractivity contribution in [2.45, 2.75) is 26.7 Å². The molecule has 0 aliphatic rings. The van der Waals surface area contributed by atoms with Gasteiger partial charge in [0.25, 0.3) is 0 Å². The molecular formula is C8H16N6O2. The van der Waals surface area contributed by atoms with E-state index in [0.717, 1.165) is 0 Å². The lowest BCUT2D eigenvalue weighted by atomic mass is 10.2. The molecule has 0 rings (SSSR count). The molecule has 0 saturated carbocycles. The molecule has 0 aromatic rings. The first-order chi connectivity index (χ1) is 7.41. The molecule has 6 N–H and O–H groups in total. The van der Waals surface area contributed by atoms with Crippen molar-refractivity contribution < 1.29 is 9.59 Å². The van der Waals surface area contributed by atoms with Crippen LogP contribution in [-0.2, 0) is 0 Å². The molecule has 0 spiro atoms. The van der Waals surface area contributed by atoms with Crippen LogP contribution in [0, 0.1) is 0 Å². The zero-order chi connectivity index (χ0) is 12.6. The minimum absolute atomic E-state index is 0.593. The topological polar surface area (TPSA) is 135 Å². The van der Waals surface area contributed by atoms with E-state index in [1.54, 1.807) is 13.8 Å². The van der Waals surface area contributed by atoms with Gasteiger partial charge in [0, 0.05) is 11.4 Å². The third kappa shape index (κ3) is 8.48. The molecule has 0 atom stereocenters. The maximum absolute atomic E-state index is 10.3. The number of amides is 4. The molecule has 0 bridgehead atoms. The van der Waals surface area contributed by atoms with Gasteiger partial charge in [0.05, 0.1) is 0 Å². The average molecular weight is 228 g/mol. The Morgan fingerprint density at radius 1 is 0.938 bits per heavy atom. The monoisotopic (exact) mass is 228 g/mol. The van der Waals surface area contributed by atoms with Crippen LogP contribution in [-0.4, -0.2) is 23.5 Å². The van der Waals surface area contributed by atoms with E-state index >= 15 is 0 Å². The van der Waals surface area contributed by atoms with Crippen molar-refractivity contribution in [2.75, 3.05) is 0 Å². The molecule has 8 nitrogen and oxygen atoms in total. The van der Waals surface area contributed by atoms with Crippen LogP contribution < -0.4 is 22.3 Å². The van der Waals surface area contributed by atoms with E-state index in [1.807, 2.05) is 0 Å². The summed E-state index contributed by atoms with van der Waals surface area (Å²) in [5, 5.41) is 7.43. The van der Waals surface area contributed by atoms with Crippen LogP contribution >= 0.6 is 0 Å². The summed E-state index contributed by atoms with van der Waals surface area (Å²) in [6, 6.07) is -1.42. The number of rotatable bonds is 5. The Labute approximate surface area is 93.1 Å². The molecule has 0 fully saturated rings. The Bertz CT molecular complexity index is 290. The van der Waals surface area contributed by atoms with Crippen LogP contribution in [0.4, 0.5) is 9.59 Å². The molecule has 16 heavy (non-hydrogen) atoms. The Balaban J connectivity index is 3.95. The molecule has 8 heteroatoms. The molecule has 0 aliphatic heterocycles. The van der Waals surface area contributed by atoms with E-state index in [0.29, 0.717) is 24.3 Å². The number of nitrogens with two attached hydrogens (primary N) is 2. The Kier molecular flexibility index (Phi) is 6.25. The zero-order valence-electron chi connectivity index (χ0n) is 9.28. The van der Waals surface area contributed by atoms with Crippen LogP contribution in [0.3, 0.4) is 0 Å². The summed E-state index contributed by atoms with van der Waals surface area (Å²) in [5.74, 6) is 0. The SMILES string of the molecule is C/C(CC/C(C)=N/NC(N)=O)=N\NC(N)=O. The Morgan fingerprint density at radius 3 is 1.50 bits per heavy atom. The summed E-state index contributed by atoms with van der Waals surface area (Å²) in [5.41, 5.74) is 15.3. The summed E-state index contributed by atoms with van der Waals surface area (Å²) in [4.78, 5) is 20.7. The fraction of sp³-hybridized carbons (Fsp3) is 0.500. The summed E-state index contributed by atoms with van der Waals surface area (Å²) in [7, 11) is 0. The van der Waals surface area contributed by atoms with Crippen molar-refractivity contribution >= 4 is 23.5 Å². The van der Waals surface area contributed by atoms with Gasteiger partial charge in [-0.25, -0.2) is 20.4 Å². The average Bonchev–Trinajstić information content (AvgIpc) is 2.20. The Morgan fingerprint density at radius 2 is 1.25 bits per heavy atom. The number of hydrogen-bond donors (Lipinski definition) is 4. The minimum Gasteiger partial charge on any atom is -0.350 e. The molecule has 90 valence electrons. The van der Waals surface area contributed by atoms with E-state index in [2.05, 4.69) is 21.1 Å². The number of carbonyl (C=O) groups is 2. The number of primary amides is 2. The first-order valence-electron chi connectivity index (χ1n) is 4.59. The molecule has 0 saturated heterocycles. The lowest BCUT2D eigenvalue weighted by molar-refractivity contribution is 0.248. The second-order valence-corrected chi connectivity index (χ2v) is 3.15. The van der Waals surface area contributed by atoms with Gasteiger partial charge >= 0.3 is 12.1 Å². The second kappa shape index (κ2) is 7.21. The number of nitrogens with one attached hydrogen (secondary N) is 2. The highest BCUT2D eigenvalue weighted by molar-refractivity contribution is 5.90. The van der Waals surface area contributed by atoms with Gasteiger partial charge < -0.3 is 11.5 Å². The summed E-state index contributed by atoms with van der Waals surface area (Å²) < 4.78 is 0. The first kappa shape index (κ1) is 13.9. The van der Waals surface area contributed by atoms with Gasteiger partial charge in [0.1, 0.15) is 0 Å². The van der Waals surface area contributed by atoms with E-state index in [9.17, 15) is 9.59 Å².